The van der Waals surface area contributed by atoms with Gasteiger partial charge in [-0.1, -0.05) is 20.8 Å². The van der Waals surface area contributed by atoms with Crippen molar-refractivity contribution in [1.29, 1.82) is 0 Å². The van der Waals surface area contributed by atoms with Crippen LogP contribution in [0.25, 0.3) is 0 Å². The lowest BCUT2D eigenvalue weighted by atomic mass is 10.1. The van der Waals surface area contributed by atoms with E-state index < -0.39 is 6.10 Å². The van der Waals surface area contributed by atoms with E-state index in [2.05, 4.69) is 10.6 Å². The van der Waals surface area contributed by atoms with Crippen molar-refractivity contribution in [2.75, 3.05) is 13.1 Å². The molecule has 0 aromatic heterocycles. The number of aliphatic hydroxyl groups is 1. The summed E-state index contributed by atoms with van der Waals surface area (Å²) in [4.78, 5) is 22.0. The Bertz CT molecular complexity index is 217. The predicted molar refractivity (Wildman–Crippen MR) is 57.2 cm³/mol. The maximum atomic E-state index is 11.2. The molecule has 0 radical (unpaired) electrons. The van der Waals surface area contributed by atoms with Gasteiger partial charge in [-0.25, -0.2) is 0 Å². The van der Waals surface area contributed by atoms with E-state index in [0.29, 0.717) is 6.42 Å². The number of hydrogen-bond acceptors (Lipinski definition) is 3. The fourth-order valence-electron chi connectivity index (χ4n) is 0.820. The summed E-state index contributed by atoms with van der Waals surface area (Å²) >= 11 is 0. The fraction of sp³-hybridized carbons (Fsp3) is 0.800. The van der Waals surface area contributed by atoms with Crippen molar-refractivity contribution < 1.29 is 14.7 Å². The molecule has 0 spiro atoms. The van der Waals surface area contributed by atoms with Crippen LogP contribution < -0.4 is 10.6 Å². The van der Waals surface area contributed by atoms with Gasteiger partial charge >= 0.3 is 0 Å². The van der Waals surface area contributed by atoms with E-state index in [4.69, 9.17) is 0 Å². The van der Waals surface area contributed by atoms with E-state index in [1.165, 1.54) is 0 Å². The van der Waals surface area contributed by atoms with Crippen molar-refractivity contribution in [1.82, 2.24) is 10.6 Å². The van der Waals surface area contributed by atoms with Gasteiger partial charge in [-0.05, 0) is 5.92 Å². The average Bonchev–Trinajstić information content (AvgIpc) is 2.21. The molecule has 5 heteroatoms. The Morgan fingerprint density at radius 1 is 1.20 bits per heavy atom. The zero-order valence-corrected chi connectivity index (χ0v) is 9.54. The molecule has 0 aliphatic rings. The molecule has 1 unspecified atom stereocenters. The molecule has 0 aromatic carbocycles. The third-order valence-electron chi connectivity index (χ3n) is 2.05. The standard InChI is InChI=1S/C10H20N2O3/c1-4-9(14)12-6-10(15)11-5-8(13)7(2)3/h7-8,13H,4-6H2,1-3H3,(H,11,15)(H,12,14). The molecular weight excluding hydrogens is 196 g/mol. The van der Waals surface area contributed by atoms with Crippen molar-refractivity contribution in [2.45, 2.75) is 33.3 Å². The molecule has 0 heterocycles. The number of nitrogens with one attached hydrogen (secondary N) is 2. The Kier molecular flexibility index (Phi) is 6.70. The average molecular weight is 216 g/mol. The molecule has 0 saturated heterocycles. The lowest BCUT2D eigenvalue weighted by molar-refractivity contribution is -0.126. The number of carbonyl (C=O) groups excluding carboxylic acids is 2. The number of hydrogen-bond donors (Lipinski definition) is 3. The van der Waals surface area contributed by atoms with Crippen LogP contribution in [0, 0.1) is 5.92 Å². The quantitative estimate of drug-likeness (QED) is 0.567. The summed E-state index contributed by atoms with van der Waals surface area (Å²) in [7, 11) is 0. The molecule has 0 rings (SSSR count). The molecule has 0 bridgehead atoms. The first kappa shape index (κ1) is 13.9. The number of carbonyl (C=O) groups is 2. The lowest BCUT2D eigenvalue weighted by Crippen LogP contribution is -2.40. The monoisotopic (exact) mass is 216 g/mol. The Labute approximate surface area is 90.2 Å². The van der Waals surface area contributed by atoms with Gasteiger partial charge in [0.25, 0.3) is 0 Å². The summed E-state index contributed by atoms with van der Waals surface area (Å²) < 4.78 is 0. The second-order valence-corrected chi connectivity index (χ2v) is 3.75. The highest BCUT2D eigenvalue weighted by Gasteiger charge is 2.10. The third kappa shape index (κ3) is 6.90. The topological polar surface area (TPSA) is 78.4 Å². The summed E-state index contributed by atoms with van der Waals surface area (Å²) in [6.07, 6.45) is -0.183. The highest BCUT2D eigenvalue weighted by molar-refractivity contribution is 5.84. The molecule has 2 amide bonds. The summed E-state index contributed by atoms with van der Waals surface area (Å²) in [5, 5.41) is 14.4. The maximum Gasteiger partial charge on any atom is 0.239 e. The Morgan fingerprint density at radius 2 is 1.80 bits per heavy atom. The van der Waals surface area contributed by atoms with Gasteiger partial charge in [0, 0.05) is 13.0 Å². The minimum Gasteiger partial charge on any atom is -0.391 e. The SMILES string of the molecule is CCC(=O)NCC(=O)NCC(O)C(C)C. The summed E-state index contributed by atoms with van der Waals surface area (Å²) in [6, 6.07) is 0. The number of amides is 2. The molecule has 0 aromatic rings. The van der Waals surface area contributed by atoms with Crippen molar-refractivity contribution >= 4 is 11.8 Å². The van der Waals surface area contributed by atoms with Crippen LogP contribution in [0.1, 0.15) is 27.2 Å². The molecule has 3 N–H and O–H groups in total. The Morgan fingerprint density at radius 3 is 2.27 bits per heavy atom. The molecule has 5 nitrogen and oxygen atoms in total. The van der Waals surface area contributed by atoms with Gasteiger partial charge in [0.1, 0.15) is 0 Å². The van der Waals surface area contributed by atoms with Crippen molar-refractivity contribution in [2.24, 2.45) is 5.92 Å². The van der Waals surface area contributed by atoms with Crippen LogP contribution in [0.2, 0.25) is 0 Å². The third-order valence-corrected chi connectivity index (χ3v) is 2.05. The molecule has 88 valence electrons. The van der Waals surface area contributed by atoms with Gasteiger partial charge in [-0.15, -0.1) is 0 Å². The lowest BCUT2D eigenvalue weighted by Gasteiger charge is -2.15. The smallest absolute Gasteiger partial charge is 0.239 e. The van der Waals surface area contributed by atoms with E-state index >= 15 is 0 Å². The number of aliphatic hydroxyl groups excluding tert-OH is 1. The molecule has 15 heavy (non-hydrogen) atoms. The van der Waals surface area contributed by atoms with Gasteiger partial charge in [-0.3, -0.25) is 9.59 Å². The second-order valence-electron chi connectivity index (χ2n) is 3.75. The van der Waals surface area contributed by atoms with Crippen LogP contribution in [-0.2, 0) is 9.59 Å². The Balaban J connectivity index is 3.62. The largest absolute Gasteiger partial charge is 0.391 e. The van der Waals surface area contributed by atoms with Crippen LogP contribution in [0.15, 0.2) is 0 Å². The van der Waals surface area contributed by atoms with Crippen LogP contribution >= 0.6 is 0 Å². The van der Waals surface area contributed by atoms with Gasteiger partial charge in [0.2, 0.25) is 11.8 Å². The van der Waals surface area contributed by atoms with E-state index in [9.17, 15) is 14.7 Å². The second kappa shape index (κ2) is 7.23. The fourth-order valence-corrected chi connectivity index (χ4v) is 0.820. The maximum absolute atomic E-state index is 11.2. The van der Waals surface area contributed by atoms with Crippen LogP contribution in [0.4, 0.5) is 0 Å². The first-order valence-electron chi connectivity index (χ1n) is 5.18. The minimum atomic E-state index is -0.546. The minimum absolute atomic E-state index is 0.0303. The zero-order valence-electron chi connectivity index (χ0n) is 9.54. The van der Waals surface area contributed by atoms with Crippen LogP contribution in [-0.4, -0.2) is 36.1 Å². The van der Waals surface area contributed by atoms with Crippen molar-refractivity contribution in [3.05, 3.63) is 0 Å². The predicted octanol–water partition coefficient (Wildman–Crippen LogP) is -0.354. The summed E-state index contributed by atoms with van der Waals surface area (Å²) in [5.74, 6) is -0.332. The van der Waals surface area contributed by atoms with Gasteiger partial charge in [-0.2, -0.15) is 0 Å². The van der Waals surface area contributed by atoms with E-state index in [1.54, 1.807) is 6.92 Å². The van der Waals surface area contributed by atoms with Gasteiger partial charge < -0.3 is 15.7 Å². The molecule has 0 saturated carbocycles. The van der Waals surface area contributed by atoms with E-state index in [-0.39, 0.29) is 30.8 Å². The van der Waals surface area contributed by atoms with E-state index in [1.807, 2.05) is 13.8 Å². The first-order valence-corrected chi connectivity index (χ1v) is 5.18. The van der Waals surface area contributed by atoms with Crippen molar-refractivity contribution in [3.8, 4) is 0 Å². The molecule has 0 fully saturated rings. The summed E-state index contributed by atoms with van der Waals surface area (Å²) in [5.41, 5.74) is 0. The highest BCUT2D eigenvalue weighted by Crippen LogP contribution is 1.98. The Hall–Kier alpha value is -1.10. The number of rotatable bonds is 6. The summed E-state index contributed by atoms with van der Waals surface area (Å²) in [6.45, 7) is 5.65. The zero-order chi connectivity index (χ0) is 11.8. The van der Waals surface area contributed by atoms with Crippen LogP contribution in [0.3, 0.4) is 0 Å². The molecule has 1 atom stereocenters. The van der Waals surface area contributed by atoms with E-state index in [0.717, 1.165) is 0 Å². The normalized spacial score (nSPS) is 12.3. The molecule has 0 aliphatic carbocycles. The van der Waals surface area contributed by atoms with Crippen LogP contribution in [0.5, 0.6) is 0 Å². The molecule has 0 aliphatic heterocycles. The molecular formula is C10H20N2O3. The first-order chi connectivity index (χ1) is 6.97. The highest BCUT2D eigenvalue weighted by atomic mass is 16.3. The van der Waals surface area contributed by atoms with Gasteiger partial charge in [0.05, 0.1) is 12.6 Å². The van der Waals surface area contributed by atoms with Gasteiger partial charge in [0.15, 0.2) is 0 Å². The van der Waals surface area contributed by atoms with Crippen molar-refractivity contribution in [3.63, 3.8) is 0 Å².